The molecule has 3 aromatic carbocycles. The van der Waals surface area contributed by atoms with Gasteiger partial charge in [0, 0.05) is 12.7 Å². The molecule has 0 aromatic heterocycles. The van der Waals surface area contributed by atoms with Gasteiger partial charge in [0.15, 0.2) is 0 Å². The molecule has 3 rings (SSSR count). The molecular weight excluding hydrogens is 476 g/mol. The fourth-order valence-electron chi connectivity index (χ4n) is 4.44. The monoisotopic (exact) mass is 518 g/mol. The van der Waals surface area contributed by atoms with E-state index < -0.39 is 0 Å². The van der Waals surface area contributed by atoms with Gasteiger partial charge in [-0.25, -0.2) is 4.79 Å². The maximum Gasteiger partial charge on any atom is 0.342 e. The predicted octanol–water partition coefficient (Wildman–Crippen LogP) is 7.68. The van der Waals surface area contributed by atoms with E-state index in [4.69, 9.17) is 19.3 Å². The van der Waals surface area contributed by atoms with Gasteiger partial charge in [-0.1, -0.05) is 99.2 Å². The fourth-order valence-corrected chi connectivity index (χ4v) is 4.44. The number of hydrogen-bond acceptors (Lipinski definition) is 5. The third kappa shape index (κ3) is 10.2. The van der Waals surface area contributed by atoms with Crippen LogP contribution in [0.25, 0.3) is 0 Å². The Morgan fingerprint density at radius 2 is 1.26 bits per heavy atom. The zero-order valence-electron chi connectivity index (χ0n) is 22.7. The van der Waals surface area contributed by atoms with Crippen LogP contribution in [-0.2, 0) is 24.4 Å². The van der Waals surface area contributed by atoms with Crippen molar-refractivity contribution in [3.8, 4) is 11.5 Å². The van der Waals surface area contributed by atoms with Gasteiger partial charge in [-0.2, -0.15) is 0 Å². The van der Waals surface area contributed by atoms with Crippen LogP contribution >= 0.6 is 0 Å². The van der Waals surface area contributed by atoms with Crippen molar-refractivity contribution in [3.05, 3.63) is 95.1 Å². The summed E-state index contributed by atoms with van der Waals surface area (Å²) in [6, 6.07) is 23.8. The van der Waals surface area contributed by atoms with E-state index in [9.17, 15) is 4.79 Å². The Hall–Kier alpha value is -3.31. The van der Waals surface area contributed by atoms with Gasteiger partial charge in [-0.05, 0) is 48.9 Å². The average molecular weight is 519 g/mol. The number of aliphatic hydroxyl groups excluding tert-OH is 1. The number of ether oxygens (including phenoxy) is 3. The topological polar surface area (TPSA) is 65.0 Å². The molecule has 204 valence electrons. The molecule has 0 atom stereocenters. The SMILES string of the molecule is CCOC(=O)c1c(CCCCCCCCCCO)cc(OCc2ccccc2)cc1OCc1ccccc1. The Labute approximate surface area is 227 Å². The Kier molecular flexibility index (Phi) is 13.3. The standard InChI is InChI=1S/C33H42O5/c1-2-36-33(35)32-29(21-15-7-5-3-4-6-8-16-22-34)23-30(37-25-27-17-11-9-12-18-27)24-31(32)38-26-28-19-13-10-14-20-28/h9-14,17-20,23-24,34H,2-8,15-16,21-22,25-26H2,1H3. The summed E-state index contributed by atoms with van der Waals surface area (Å²) in [5, 5.41) is 8.91. The maximum atomic E-state index is 13.1. The minimum atomic E-state index is -0.357. The zero-order valence-corrected chi connectivity index (χ0v) is 22.7. The molecule has 0 heterocycles. The lowest BCUT2D eigenvalue weighted by Gasteiger charge is -2.18. The highest BCUT2D eigenvalue weighted by molar-refractivity contribution is 5.94. The molecule has 0 spiro atoms. The van der Waals surface area contributed by atoms with Crippen molar-refractivity contribution in [2.75, 3.05) is 13.2 Å². The van der Waals surface area contributed by atoms with Crippen LogP contribution in [0.1, 0.15) is 85.3 Å². The molecule has 0 bridgehead atoms. The Morgan fingerprint density at radius 3 is 1.84 bits per heavy atom. The van der Waals surface area contributed by atoms with Gasteiger partial charge in [0.1, 0.15) is 30.3 Å². The van der Waals surface area contributed by atoms with E-state index in [1.165, 1.54) is 19.3 Å². The third-order valence-corrected chi connectivity index (χ3v) is 6.48. The number of benzene rings is 3. The van der Waals surface area contributed by atoms with E-state index in [1.807, 2.05) is 79.7 Å². The summed E-state index contributed by atoms with van der Waals surface area (Å²) in [4.78, 5) is 13.1. The molecule has 3 aromatic rings. The molecule has 0 saturated carbocycles. The van der Waals surface area contributed by atoms with Crippen molar-refractivity contribution >= 4 is 5.97 Å². The van der Waals surface area contributed by atoms with Crippen LogP contribution in [0.5, 0.6) is 11.5 Å². The molecule has 0 radical (unpaired) electrons. The van der Waals surface area contributed by atoms with Crippen molar-refractivity contribution in [2.24, 2.45) is 0 Å². The second kappa shape index (κ2) is 17.2. The smallest absolute Gasteiger partial charge is 0.342 e. The van der Waals surface area contributed by atoms with Crippen LogP contribution < -0.4 is 9.47 Å². The van der Waals surface area contributed by atoms with Crippen molar-refractivity contribution in [2.45, 2.75) is 77.9 Å². The number of unbranched alkanes of at least 4 members (excludes halogenated alkanes) is 7. The number of aryl methyl sites for hydroxylation is 1. The zero-order chi connectivity index (χ0) is 26.8. The first-order chi connectivity index (χ1) is 18.7. The molecule has 5 heteroatoms. The predicted molar refractivity (Wildman–Crippen MR) is 152 cm³/mol. The molecule has 1 N–H and O–H groups in total. The molecule has 0 aliphatic carbocycles. The van der Waals surface area contributed by atoms with E-state index in [-0.39, 0.29) is 12.6 Å². The van der Waals surface area contributed by atoms with Gasteiger partial charge in [-0.15, -0.1) is 0 Å². The number of carbonyl (C=O) groups is 1. The number of aliphatic hydroxyl groups is 1. The van der Waals surface area contributed by atoms with Crippen molar-refractivity contribution in [3.63, 3.8) is 0 Å². The Bertz CT molecular complexity index is 1070. The average Bonchev–Trinajstić information content (AvgIpc) is 2.95. The summed E-state index contributed by atoms with van der Waals surface area (Å²) in [6.45, 7) is 3.20. The lowest BCUT2D eigenvalue weighted by molar-refractivity contribution is 0.0519. The summed E-state index contributed by atoms with van der Waals surface area (Å²) in [5.41, 5.74) is 3.51. The second-order valence-corrected chi connectivity index (χ2v) is 9.53. The minimum absolute atomic E-state index is 0.286. The first kappa shape index (κ1) is 29.2. The van der Waals surface area contributed by atoms with Gasteiger partial charge in [0.25, 0.3) is 0 Å². The molecule has 0 aliphatic rings. The lowest BCUT2D eigenvalue weighted by Crippen LogP contribution is -2.12. The van der Waals surface area contributed by atoms with Gasteiger partial charge < -0.3 is 19.3 Å². The number of rotatable bonds is 18. The summed E-state index contributed by atoms with van der Waals surface area (Å²) in [6.07, 6.45) is 9.56. The van der Waals surface area contributed by atoms with Crippen molar-refractivity contribution < 1.29 is 24.1 Å². The van der Waals surface area contributed by atoms with E-state index in [0.29, 0.717) is 36.9 Å². The maximum absolute atomic E-state index is 13.1. The largest absolute Gasteiger partial charge is 0.489 e. The highest BCUT2D eigenvalue weighted by Crippen LogP contribution is 2.32. The van der Waals surface area contributed by atoms with Crippen molar-refractivity contribution in [1.82, 2.24) is 0 Å². The molecule has 0 fully saturated rings. The highest BCUT2D eigenvalue weighted by Gasteiger charge is 2.21. The molecular formula is C33H42O5. The Morgan fingerprint density at radius 1 is 0.711 bits per heavy atom. The number of carbonyl (C=O) groups excluding carboxylic acids is 1. The summed E-state index contributed by atoms with van der Waals surface area (Å²) >= 11 is 0. The van der Waals surface area contributed by atoms with Crippen LogP contribution in [0.4, 0.5) is 0 Å². The quantitative estimate of drug-likeness (QED) is 0.138. The molecule has 0 amide bonds. The summed E-state index contributed by atoms with van der Waals surface area (Å²) < 4.78 is 17.8. The minimum Gasteiger partial charge on any atom is -0.489 e. The van der Waals surface area contributed by atoms with Gasteiger partial charge in [-0.3, -0.25) is 0 Å². The first-order valence-corrected chi connectivity index (χ1v) is 14.0. The highest BCUT2D eigenvalue weighted by atomic mass is 16.5. The van der Waals surface area contributed by atoms with Crippen LogP contribution in [0, 0.1) is 0 Å². The fraction of sp³-hybridized carbons (Fsp3) is 0.424. The van der Waals surface area contributed by atoms with Crippen LogP contribution in [0.15, 0.2) is 72.8 Å². The van der Waals surface area contributed by atoms with E-state index in [0.717, 1.165) is 55.2 Å². The van der Waals surface area contributed by atoms with Crippen LogP contribution in [0.3, 0.4) is 0 Å². The van der Waals surface area contributed by atoms with E-state index >= 15 is 0 Å². The molecule has 0 aliphatic heterocycles. The molecule has 0 saturated heterocycles. The van der Waals surface area contributed by atoms with E-state index in [1.54, 1.807) is 0 Å². The number of esters is 1. The lowest BCUT2D eigenvalue weighted by atomic mass is 9.98. The van der Waals surface area contributed by atoms with Gasteiger partial charge in [0.05, 0.1) is 6.61 Å². The molecule has 38 heavy (non-hydrogen) atoms. The Balaban J connectivity index is 1.74. The molecule has 0 unspecified atom stereocenters. The second-order valence-electron chi connectivity index (χ2n) is 9.53. The normalized spacial score (nSPS) is 10.8. The van der Waals surface area contributed by atoms with Crippen molar-refractivity contribution in [1.29, 1.82) is 0 Å². The van der Waals surface area contributed by atoms with E-state index in [2.05, 4.69) is 0 Å². The number of hydrogen-bond donors (Lipinski definition) is 1. The summed E-state index contributed by atoms with van der Waals surface area (Å²) in [5.74, 6) is 0.824. The summed E-state index contributed by atoms with van der Waals surface area (Å²) in [7, 11) is 0. The molecule has 5 nitrogen and oxygen atoms in total. The van der Waals surface area contributed by atoms with Crippen LogP contribution in [0.2, 0.25) is 0 Å². The van der Waals surface area contributed by atoms with Gasteiger partial charge in [0.2, 0.25) is 0 Å². The van der Waals surface area contributed by atoms with Crippen LogP contribution in [-0.4, -0.2) is 24.3 Å². The third-order valence-electron chi connectivity index (χ3n) is 6.48. The first-order valence-electron chi connectivity index (χ1n) is 14.0. The van der Waals surface area contributed by atoms with Gasteiger partial charge >= 0.3 is 5.97 Å².